The van der Waals surface area contributed by atoms with Crippen LogP contribution < -0.4 is 5.32 Å². The van der Waals surface area contributed by atoms with Crippen molar-refractivity contribution < 1.29 is 0 Å². The maximum atomic E-state index is 6.10. The zero-order chi connectivity index (χ0) is 14.0. The first-order valence-corrected chi connectivity index (χ1v) is 6.86. The minimum atomic E-state index is 0.145. The van der Waals surface area contributed by atoms with Gasteiger partial charge in [0, 0.05) is 16.6 Å². The van der Waals surface area contributed by atoms with Crippen LogP contribution in [0.2, 0.25) is 20.4 Å². The largest absolute Gasteiger partial charge is 0.365 e. The first kappa shape index (κ1) is 14.7. The van der Waals surface area contributed by atoms with E-state index in [1.54, 1.807) is 19.1 Å². The molecule has 0 amide bonds. The molecule has 1 heterocycles. The average Bonchev–Trinajstić information content (AvgIpc) is 2.33. The third-order valence-electron chi connectivity index (χ3n) is 2.45. The molecule has 3 nitrogen and oxygen atoms in total. The van der Waals surface area contributed by atoms with Crippen LogP contribution >= 0.6 is 46.4 Å². The third-order valence-corrected chi connectivity index (χ3v) is 3.66. The van der Waals surface area contributed by atoms with Crippen molar-refractivity contribution in [3.63, 3.8) is 0 Å². The molecule has 0 saturated heterocycles. The van der Waals surface area contributed by atoms with Gasteiger partial charge < -0.3 is 5.32 Å². The lowest BCUT2D eigenvalue weighted by Gasteiger charge is -2.10. The van der Waals surface area contributed by atoms with Crippen LogP contribution in [0.1, 0.15) is 11.3 Å². The number of nitrogens with one attached hydrogen (secondary N) is 1. The second-order valence-electron chi connectivity index (χ2n) is 3.83. The number of hydrogen-bond donors (Lipinski definition) is 1. The van der Waals surface area contributed by atoms with Crippen molar-refractivity contribution in [2.75, 3.05) is 5.32 Å². The molecule has 0 atom stereocenters. The molecule has 0 radical (unpaired) electrons. The van der Waals surface area contributed by atoms with Crippen LogP contribution in [0.5, 0.6) is 0 Å². The highest BCUT2D eigenvalue weighted by Gasteiger charge is 2.09. The lowest BCUT2D eigenvalue weighted by molar-refractivity contribution is 1.05. The van der Waals surface area contributed by atoms with Crippen LogP contribution in [-0.4, -0.2) is 9.97 Å². The summed E-state index contributed by atoms with van der Waals surface area (Å²) in [6, 6.07) is 5.28. The van der Waals surface area contributed by atoms with Crippen LogP contribution in [-0.2, 0) is 6.54 Å². The number of halogens is 4. The van der Waals surface area contributed by atoms with E-state index in [0.29, 0.717) is 33.1 Å². The second kappa shape index (κ2) is 6.14. The molecule has 7 heteroatoms. The van der Waals surface area contributed by atoms with E-state index >= 15 is 0 Å². The normalized spacial score (nSPS) is 10.6. The Bertz CT molecular complexity index is 616. The summed E-state index contributed by atoms with van der Waals surface area (Å²) in [5.74, 6) is 0.477. The van der Waals surface area contributed by atoms with Crippen molar-refractivity contribution in [2.24, 2.45) is 0 Å². The Morgan fingerprint density at radius 3 is 2.53 bits per heavy atom. The van der Waals surface area contributed by atoms with Gasteiger partial charge in [0.05, 0.1) is 5.69 Å². The van der Waals surface area contributed by atoms with Gasteiger partial charge in [0.1, 0.15) is 10.8 Å². The quantitative estimate of drug-likeness (QED) is 0.800. The van der Waals surface area contributed by atoms with Gasteiger partial charge in [-0.05, 0) is 36.2 Å². The molecule has 100 valence electrons. The van der Waals surface area contributed by atoms with Crippen molar-refractivity contribution in [3.05, 3.63) is 49.8 Å². The molecule has 19 heavy (non-hydrogen) atoms. The standard InChI is InChI=1S/C12H9Cl4N3/c1-6-10(15)11(19-12(16)18-6)17-5-7-2-3-8(13)4-9(7)14/h2-4H,5H2,1H3,(H,17,18,19). The number of benzene rings is 1. The predicted molar refractivity (Wildman–Crippen MR) is 80.6 cm³/mol. The van der Waals surface area contributed by atoms with Crippen molar-refractivity contribution in [1.82, 2.24) is 9.97 Å². The van der Waals surface area contributed by atoms with Gasteiger partial charge in [0.25, 0.3) is 0 Å². The number of anilines is 1. The number of aryl methyl sites for hydroxylation is 1. The maximum absolute atomic E-state index is 6.10. The van der Waals surface area contributed by atoms with E-state index in [2.05, 4.69) is 15.3 Å². The summed E-state index contributed by atoms with van der Waals surface area (Å²) in [5.41, 5.74) is 1.50. The van der Waals surface area contributed by atoms with Gasteiger partial charge in [-0.3, -0.25) is 0 Å². The predicted octanol–water partition coefficient (Wildman–Crippen LogP) is 5.01. The summed E-state index contributed by atoms with van der Waals surface area (Å²) in [6.45, 7) is 2.22. The molecule has 1 aromatic heterocycles. The summed E-state index contributed by atoms with van der Waals surface area (Å²) < 4.78 is 0. The molecule has 0 aliphatic rings. The molecule has 0 aliphatic carbocycles. The molecule has 2 rings (SSSR count). The fourth-order valence-electron chi connectivity index (χ4n) is 1.49. The first-order chi connectivity index (χ1) is 8.97. The number of aromatic nitrogens is 2. The Labute approximate surface area is 130 Å². The minimum Gasteiger partial charge on any atom is -0.365 e. The summed E-state index contributed by atoms with van der Waals surface area (Å²) >= 11 is 23.8. The van der Waals surface area contributed by atoms with E-state index in [1.807, 2.05) is 6.07 Å². The first-order valence-electron chi connectivity index (χ1n) is 5.35. The molecule has 0 aliphatic heterocycles. The van der Waals surface area contributed by atoms with Gasteiger partial charge in [-0.2, -0.15) is 4.98 Å². The van der Waals surface area contributed by atoms with Gasteiger partial charge in [-0.25, -0.2) is 4.98 Å². The van der Waals surface area contributed by atoms with Gasteiger partial charge in [-0.15, -0.1) is 0 Å². The van der Waals surface area contributed by atoms with E-state index in [-0.39, 0.29) is 5.28 Å². The number of hydrogen-bond acceptors (Lipinski definition) is 3. The fourth-order valence-corrected chi connectivity index (χ4v) is 2.32. The molecule has 1 N–H and O–H groups in total. The average molecular weight is 337 g/mol. The number of nitrogens with zero attached hydrogens (tertiary/aromatic N) is 2. The topological polar surface area (TPSA) is 37.8 Å². The highest BCUT2D eigenvalue weighted by Crippen LogP contribution is 2.26. The highest BCUT2D eigenvalue weighted by atomic mass is 35.5. The Kier molecular flexibility index (Phi) is 4.74. The maximum Gasteiger partial charge on any atom is 0.224 e. The SMILES string of the molecule is Cc1nc(Cl)nc(NCc2ccc(Cl)cc2Cl)c1Cl. The zero-order valence-corrected chi connectivity index (χ0v) is 12.9. The summed E-state index contributed by atoms with van der Waals surface area (Å²) in [4.78, 5) is 7.99. The number of rotatable bonds is 3. The van der Waals surface area contributed by atoms with Crippen LogP contribution in [0.3, 0.4) is 0 Å². The van der Waals surface area contributed by atoms with Gasteiger partial charge in [-0.1, -0.05) is 40.9 Å². The molecule has 0 bridgehead atoms. The molecule has 0 saturated carbocycles. The lowest BCUT2D eigenvalue weighted by atomic mass is 10.2. The van der Waals surface area contributed by atoms with E-state index in [0.717, 1.165) is 5.56 Å². The molecule has 2 aromatic rings. The van der Waals surface area contributed by atoms with E-state index in [4.69, 9.17) is 46.4 Å². The van der Waals surface area contributed by atoms with E-state index < -0.39 is 0 Å². The van der Waals surface area contributed by atoms with Crippen molar-refractivity contribution >= 4 is 52.2 Å². The minimum absolute atomic E-state index is 0.145. The summed E-state index contributed by atoms with van der Waals surface area (Å²) in [6.07, 6.45) is 0. The molecular weight excluding hydrogens is 328 g/mol. The van der Waals surface area contributed by atoms with Crippen LogP contribution in [0.25, 0.3) is 0 Å². The van der Waals surface area contributed by atoms with Gasteiger partial charge in [0.15, 0.2) is 0 Å². The smallest absolute Gasteiger partial charge is 0.224 e. The highest BCUT2D eigenvalue weighted by molar-refractivity contribution is 6.35. The fraction of sp³-hybridized carbons (Fsp3) is 0.167. The van der Waals surface area contributed by atoms with E-state index in [9.17, 15) is 0 Å². The molecule has 0 fully saturated rings. The second-order valence-corrected chi connectivity index (χ2v) is 5.39. The molecule has 0 spiro atoms. The molecular formula is C12H9Cl4N3. The lowest BCUT2D eigenvalue weighted by Crippen LogP contribution is -2.04. The third kappa shape index (κ3) is 3.63. The Hall–Kier alpha value is -0.740. The molecule has 1 aromatic carbocycles. The van der Waals surface area contributed by atoms with Crippen molar-refractivity contribution in [1.29, 1.82) is 0 Å². The zero-order valence-electron chi connectivity index (χ0n) is 9.85. The van der Waals surface area contributed by atoms with Crippen molar-refractivity contribution in [2.45, 2.75) is 13.5 Å². The van der Waals surface area contributed by atoms with Crippen molar-refractivity contribution in [3.8, 4) is 0 Å². The van der Waals surface area contributed by atoms with Crippen LogP contribution in [0.4, 0.5) is 5.82 Å². The van der Waals surface area contributed by atoms with E-state index in [1.165, 1.54) is 0 Å². The van der Waals surface area contributed by atoms with Gasteiger partial charge >= 0.3 is 0 Å². The Balaban J connectivity index is 2.19. The Morgan fingerprint density at radius 1 is 1.11 bits per heavy atom. The monoisotopic (exact) mass is 335 g/mol. The molecule has 0 unspecified atom stereocenters. The summed E-state index contributed by atoms with van der Waals surface area (Å²) in [5, 5.41) is 4.83. The van der Waals surface area contributed by atoms with Gasteiger partial charge in [0.2, 0.25) is 5.28 Å². The van der Waals surface area contributed by atoms with Crippen LogP contribution in [0.15, 0.2) is 18.2 Å². The van der Waals surface area contributed by atoms with Crippen LogP contribution in [0, 0.1) is 6.92 Å². The Morgan fingerprint density at radius 2 is 1.84 bits per heavy atom. The summed E-state index contributed by atoms with van der Waals surface area (Å²) in [7, 11) is 0.